The smallest absolute Gasteiger partial charge is 0.0110 e. The Balaban J connectivity index is 2.13. The maximum Gasteiger partial charge on any atom is 0.0110 e. The van der Waals surface area contributed by atoms with Gasteiger partial charge in [0.25, 0.3) is 0 Å². The lowest BCUT2D eigenvalue weighted by molar-refractivity contribution is 0.226. The largest absolute Gasteiger partial charge is 0.313 e. The van der Waals surface area contributed by atoms with Crippen LogP contribution in [-0.2, 0) is 0 Å². The highest BCUT2D eigenvalue weighted by Gasteiger charge is 2.20. The van der Waals surface area contributed by atoms with Gasteiger partial charge < -0.3 is 5.32 Å². The second-order valence-electron chi connectivity index (χ2n) is 5.51. The molecule has 0 heterocycles. The number of hydrogen-bond donors (Lipinski definition) is 1. The molecule has 2 nitrogen and oxygen atoms in total. The normalized spacial score (nSPS) is 19.9. The molecule has 1 unspecified atom stereocenters. The average molecular weight is 226 g/mol. The van der Waals surface area contributed by atoms with E-state index >= 15 is 0 Å². The molecule has 1 N–H and O–H groups in total. The van der Waals surface area contributed by atoms with E-state index in [9.17, 15) is 0 Å². The van der Waals surface area contributed by atoms with Crippen LogP contribution in [0.4, 0.5) is 0 Å². The zero-order valence-electron chi connectivity index (χ0n) is 11.6. The molecule has 1 aliphatic rings. The Morgan fingerprint density at radius 2 is 1.81 bits per heavy atom. The van der Waals surface area contributed by atoms with Gasteiger partial charge in [-0.3, -0.25) is 4.90 Å². The van der Waals surface area contributed by atoms with Gasteiger partial charge in [-0.05, 0) is 46.1 Å². The predicted molar refractivity (Wildman–Crippen MR) is 71.8 cm³/mol. The molecule has 0 amide bonds. The van der Waals surface area contributed by atoms with Crippen LogP contribution in [0.2, 0.25) is 0 Å². The van der Waals surface area contributed by atoms with Crippen molar-refractivity contribution in [2.45, 2.75) is 65.5 Å². The number of likely N-dealkylation sites (N-methyl/N-ethyl adjacent to an activating group) is 1. The lowest BCUT2D eigenvalue weighted by atomic mass is 10.00. The number of nitrogens with zero attached hydrogens (tertiary/aromatic N) is 1. The molecule has 0 aromatic rings. The number of nitrogens with one attached hydrogen (secondary N) is 1. The van der Waals surface area contributed by atoms with Crippen molar-refractivity contribution in [2.75, 3.05) is 19.6 Å². The summed E-state index contributed by atoms with van der Waals surface area (Å²) < 4.78 is 0. The standard InChI is InChI=1S/C14H30N2/c1-5-16(12(2)3)11-10-15-13(4)14-8-6-7-9-14/h12-15H,5-11H2,1-4H3. The van der Waals surface area contributed by atoms with E-state index in [1.165, 1.54) is 32.2 Å². The van der Waals surface area contributed by atoms with E-state index in [-0.39, 0.29) is 0 Å². The first-order valence-electron chi connectivity index (χ1n) is 7.12. The molecular weight excluding hydrogens is 196 g/mol. The summed E-state index contributed by atoms with van der Waals surface area (Å²) in [5.41, 5.74) is 0. The van der Waals surface area contributed by atoms with Gasteiger partial charge in [0.15, 0.2) is 0 Å². The van der Waals surface area contributed by atoms with Crippen molar-refractivity contribution in [3.8, 4) is 0 Å². The Labute approximate surface area is 102 Å². The van der Waals surface area contributed by atoms with Gasteiger partial charge in [0.05, 0.1) is 0 Å². The summed E-state index contributed by atoms with van der Waals surface area (Å²) >= 11 is 0. The summed E-state index contributed by atoms with van der Waals surface area (Å²) in [6, 6.07) is 1.39. The van der Waals surface area contributed by atoms with Gasteiger partial charge in [-0.15, -0.1) is 0 Å². The SMILES string of the molecule is CCN(CCNC(C)C1CCCC1)C(C)C. The van der Waals surface area contributed by atoms with Crippen molar-refractivity contribution in [1.29, 1.82) is 0 Å². The summed E-state index contributed by atoms with van der Waals surface area (Å²) in [6.45, 7) is 12.7. The van der Waals surface area contributed by atoms with Crippen LogP contribution in [0, 0.1) is 5.92 Å². The van der Waals surface area contributed by atoms with Crippen molar-refractivity contribution >= 4 is 0 Å². The molecule has 96 valence electrons. The van der Waals surface area contributed by atoms with Crippen LogP contribution in [0.1, 0.15) is 53.4 Å². The van der Waals surface area contributed by atoms with E-state index in [0.717, 1.165) is 19.0 Å². The maximum absolute atomic E-state index is 3.70. The van der Waals surface area contributed by atoms with Gasteiger partial charge >= 0.3 is 0 Å². The summed E-state index contributed by atoms with van der Waals surface area (Å²) in [4.78, 5) is 2.52. The highest BCUT2D eigenvalue weighted by atomic mass is 15.2. The van der Waals surface area contributed by atoms with E-state index in [0.29, 0.717) is 12.1 Å². The zero-order valence-corrected chi connectivity index (χ0v) is 11.6. The molecule has 0 aromatic heterocycles. The third kappa shape index (κ3) is 4.42. The van der Waals surface area contributed by atoms with Gasteiger partial charge in [0, 0.05) is 25.2 Å². The van der Waals surface area contributed by atoms with E-state index in [1.54, 1.807) is 0 Å². The minimum atomic E-state index is 0.675. The molecule has 1 fully saturated rings. The maximum atomic E-state index is 3.70. The first kappa shape index (κ1) is 14.0. The fourth-order valence-electron chi connectivity index (χ4n) is 2.84. The molecule has 0 bridgehead atoms. The van der Waals surface area contributed by atoms with Crippen molar-refractivity contribution in [3.63, 3.8) is 0 Å². The topological polar surface area (TPSA) is 15.3 Å². The monoisotopic (exact) mass is 226 g/mol. The van der Waals surface area contributed by atoms with Crippen LogP contribution in [-0.4, -0.2) is 36.6 Å². The zero-order chi connectivity index (χ0) is 12.0. The Kier molecular flexibility index (Phi) is 6.37. The van der Waals surface area contributed by atoms with Crippen molar-refractivity contribution in [3.05, 3.63) is 0 Å². The van der Waals surface area contributed by atoms with Gasteiger partial charge in [-0.25, -0.2) is 0 Å². The minimum absolute atomic E-state index is 0.675. The Hall–Kier alpha value is -0.0800. The van der Waals surface area contributed by atoms with Crippen LogP contribution in [0.5, 0.6) is 0 Å². The Morgan fingerprint density at radius 3 is 2.31 bits per heavy atom. The van der Waals surface area contributed by atoms with E-state index < -0.39 is 0 Å². The van der Waals surface area contributed by atoms with Crippen molar-refractivity contribution in [2.24, 2.45) is 5.92 Å². The molecule has 1 atom stereocenters. The molecule has 0 saturated heterocycles. The molecule has 0 radical (unpaired) electrons. The fraction of sp³-hybridized carbons (Fsp3) is 1.00. The lowest BCUT2D eigenvalue weighted by Gasteiger charge is -2.27. The van der Waals surface area contributed by atoms with Crippen LogP contribution < -0.4 is 5.32 Å². The lowest BCUT2D eigenvalue weighted by Crippen LogP contribution is -2.41. The average Bonchev–Trinajstić information content (AvgIpc) is 2.76. The molecule has 2 heteroatoms. The number of hydrogen-bond acceptors (Lipinski definition) is 2. The van der Waals surface area contributed by atoms with Crippen molar-refractivity contribution < 1.29 is 0 Å². The molecule has 1 rings (SSSR count). The van der Waals surface area contributed by atoms with Gasteiger partial charge in [-0.2, -0.15) is 0 Å². The van der Waals surface area contributed by atoms with Crippen LogP contribution in [0.3, 0.4) is 0 Å². The summed E-state index contributed by atoms with van der Waals surface area (Å²) in [5.74, 6) is 0.939. The van der Waals surface area contributed by atoms with Gasteiger partial charge in [-0.1, -0.05) is 19.8 Å². The Bertz CT molecular complexity index is 174. The van der Waals surface area contributed by atoms with E-state index in [4.69, 9.17) is 0 Å². The van der Waals surface area contributed by atoms with Gasteiger partial charge in [0.1, 0.15) is 0 Å². The van der Waals surface area contributed by atoms with E-state index in [2.05, 4.69) is 37.9 Å². The fourth-order valence-corrected chi connectivity index (χ4v) is 2.84. The van der Waals surface area contributed by atoms with Crippen LogP contribution in [0.15, 0.2) is 0 Å². The molecule has 0 aliphatic heterocycles. The second-order valence-corrected chi connectivity index (χ2v) is 5.51. The first-order chi connectivity index (χ1) is 7.65. The molecule has 16 heavy (non-hydrogen) atoms. The quantitative estimate of drug-likeness (QED) is 0.718. The number of rotatable bonds is 7. The second kappa shape index (κ2) is 7.29. The van der Waals surface area contributed by atoms with Crippen molar-refractivity contribution in [1.82, 2.24) is 10.2 Å². The minimum Gasteiger partial charge on any atom is -0.313 e. The van der Waals surface area contributed by atoms with Gasteiger partial charge in [0.2, 0.25) is 0 Å². The molecule has 1 saturated carbocycles. The highest BCUT2D eigenvalue weighted by Crippen LogP contribution is 2.27. The summed E-state index contributed by atoms with van der Waals surface area (Å²) in [6.07, 6.45) is 5.78. The predicted octanol–water partition coefficient (Wildman–Crippen LogP) is 2.89. The summed E-state index contributed by atoms with van der Waals surface area (Å²) in [7, 11) is 0. The van der Waals surface area contributed by atoms with Crippen LogP contribution in [0.25, 0.3) is 0 Å². The summed E-state index contributed by atoms with van der Waals surface area (Å²) in [5, 5.41) is 3.70. The molecule has 0 aromatic carbocycles. The third-order valence-corrected chi connectivity index (χ3v) is 4.11. The molecular formula is C14H30N2. The Morgan fingerprint density at radius 1 is 1.19 bits per heavy atom. The van der Waals surface area contributed by atoms with Crippen LogP contribution >= 0.6 is 0 Å². The molecule has 0 spiro atoms. The van der Waals surface area contributed by atoms with E-state index in [1.807, 2.05) is 0 Å². The highest BCUT2D eigenvalue weighted by molar-refractivity contribution is 4.77. The third-order valence-electron chi connectivity index (χ3n) is 4.11. The first-order valence-corrected chi connectivity index (χ1v) is 7.12. The molecule has 1 aliphatic carbocycles.